The minimum absolute atomic E-state index is 0.154. The maximum absolute atomic E-state index is 13.7. The molecular formula is C22H30FN. The molecule has 0 N–H and O–H groups in total. The molecule has 0 bridgehead atoms. The van der Waals surface area contributed by atoms with E-state index < -0.39 is 0 Å². The topological polar surface area (TPSA) is 23.8 Å². The SMILES string of the molecule is CC1CCC(C2CCC(CCc3ccc(C#N)c(F)c3)CC2)CC1. The number of hydrogen-bond donors (Lipinski definition) is 0. The molecule has 130 valence electrons. The van der Waals surface area contributed by atoms with Crippen molar-refractivity contribution in [3.63, 3.8) is 0 Å². The van der Waals surface area contributed by atoms with E-state index in [1.54, 1.807) is 12.1 Å². The van der Waals surface area contributed by atoms with Gasteiger partial charge in [0.1, 0.15) is 11.9 Å². The lowest BCUT2D eigenvalue weighted by Gasteiger charge is -2.37. The molecule has 0 radical (unpaired) electrons. The Morgan fingerprint density at radius 1 is 1.00 bits per heavy atom. The number of nitrogens with zero attached hydrogens (tertiary/aromatic N) is 1. The average Bonchev–Trinajstić information content (AvgIpc) is 2.61. The van der Waals surface area contributed by atoms with E-state index in [-0.39, 0.29) is 11.4 Å². The van der Waals surface area contributed by atoms with Crippen molar-refractivity contribution >= 4 is 0 Å². The molecule has 0 spiro atoms. The molecule has 0 atom stereocenters. The first-order valence-electron chi connectivity index (χ1n) is 9.84. The predicted molar refractivity (Wildman–Crippen MR) is 96.0 cm³/mol. The minimum atomic E-state index is -0.370. The normalized spacial score (nSPS) is 30.7. The molecule has 0 heterocycles. The lowest BCUT2D eigenvalue weighted by Crippen LogP contribution is -2.25. The zero-order chi connectivity index (χ0) is 16.9. The zero-order valence-electron chi connectivity index (χ0n) is 14.9. The minimum Gasteiger partial charge on any atom is -0.206 e. The van der Waals surface area contributed by atoms with Gasteiger partial charge in [0.25, 0.3) is 0 Å². The second-order valence-corrected chi connectivity index (χ2v) is 8.27. The van der Waals surface area contributed by atoms with E-state index in [0.29, 0.717) is 0 Å². The van der Waals surface area contributed by atoms with Crippen LogP contribution in [0.3, 0.4) is 0 Å². The number of aryl methyl sites for hydroxylation is 1. The number of rotatable bonds is 4. The van der Waals surface area contributed by atoms with Gasteiger partial charge in [-0.25, -0.2) is 4.39 Å². The molecule has 24 heavy (non-hydrogen) atoms. The van der Waals surface area contributed by atoms with E-state index in [4.69, 9.17) is 5.26 Å². The summed E-state index contributed by atoms with van der Waals surface area (Å²) in [6.07, 6.45) is 13.4. The van der Waals surface area contributed by atoms with E-state index in [9.17, 15) is 4.39 Å². The molecule has 3 rings (SSSR count). The van der Waals surface area contributed by atoms with Gasteiger partial charge in [-0.3, -0.25) is 0 Å². The van der Waals surface area contributed by atoms with Crippen LogP contribution in [0.5, 0.6) is 0 Å². The Kier molecular flexibility index (Phi) is 5.93. The van der Waals surface area contributed by atoms with Crippen molar-refractivity contribution in [3.05, 3.63) is 35.1 Å². The number of hydrogen-bond acceptors (Lipinski definition) is 1. The quantitative estimate of drug-likeness (QED) is 0.640. The number of nitriles is 1. The second-order valence-electron chi connectivity index (χ2n) is 8.27. The van der Waals surface area contributed by atoms with Crippen molar-refractivity contribution in [1.82, 2.24) is 0 Å². The molecule has 2 fully saturated rings. The fraction of sp³-hybridized carbons (Fsp3) is 0.682. The predicted octanol–water partition coefficient (Wildman–Crippen LogP) is 6.26. The molecule has 0 unspecified atom stereocenters. The highest BCUT2D eigenvalue weighted by Gasteiger charge is 2.29. The largest absolute Gasteiger partial charge is 0.206 e. The summed E-state index contributed by atoms with van der Waals surface area (Å²) in [5.41, 5.74) is 1.19. The van der Waals surface area contributed by atoms with Crippen molar-refractivity contribution in [2.45, 2.75) is 71.1 Å². The third kappa shape index (κ3) is 4.38. The first-order valence-corrected chi connectivity index (χ1v) is 9.84. The lowest BCUT2D eigenvalue weighted by molar-refractivity contribution is 0.148. The highest BCUT2D eigenvalue weighted by Crippen LogP contribution is 2.42. The summed E-state index contributed by atoms with van der Waals surface area (Å²) in [6, 6.07) is 6.97. The van der Waals surface area contributed by atoms with Crippen molar-refractivity contribution < 1.29 is 4.39 Å². The molecule has 0 saturated heterocycles. The Bertz CT molecular complexity index is 572. The highest BCUT2D eigenvalue weighted by molar-refractivity contribution is 5.33. The molecule has 1 aromatic carbocycles. The van der Waals surface area contributed by atoms with Crippen LogP contribution in [0.4, 0.5) is 4.39 Å². The Morgan fingerprint density at radius 3 is 2.21 bits per heavy atom. The van der Waals surface area contributed by atoms with Crippen LogP contribution in [-0.2, 0) is 6.42 Å². The Morgan fingerprint density at radius 2 is 1.62 bits per heavy atom. The molecule has 1 aromatic rings. The van der Waals surface area contributed by atoms with Gasteiger partial charge < -0.3 is 0 Å². The summed E-state index contributed by atoms with van der Waals surface area (Å²) in [5.74, 6) is 3.36. The molecular weight excluding hydrogens is 297 g/mol. The first kappa shape index (κ1) is 17.5. The van der Waals surface area contributed by atoms with Crippen molar-refractivity contribution in [3.8, 4) is 6.07 Å². The van der Waals surface area contributed by atoms with Crippen LogP contribution < -0.4 is 0 Å². The summed E-state index contributed by atoms with van der Waals surface area (Å²) in [5, 5.41) is 8.80. The summed E-state index contributed by atoms with van der Waals surface area (Å²) in [4.78, 5) is 0. The van der Waals surface area contributed by atoms with Gasteiger partial charge >= 0.3 is 0 Å². The summed E-state index contributed by atoms with van der Waals surface area (Å²) in [6.45, 7) is 2.40. The van der Waals surface area contributed by atoms with Crippen molar-refractivity contribution in [2.75, 3.05) is 0 Å². The van der Waals surface area contributed by atoms with E-state index in [1.807, 2.05) is 12.1 Å². The molecule has 2 heteroatoms. The van der Waals surface area contributed by atoms with Crippen LogP contribution in [0.25, 0.3) is 0 Å². The van der Waals surface area contributed by atoms with Gasteiger partial charge in [-0.1, -0.05) is 38.7 Å². The van der Waals surface area contributed by atoms with Gasteiger partial charge in [-0.05, 0) is 79.9 Å². The maximum Gasteiger partial charge on any atom is 0.141 e. The first-order chi connectivity index (χ1) is 11.7. The average molecular weight is 327 g/mol. The third-order valence-electron chi connectivity index (χ3n) is 6.61. The highest BCUT2D eigenvalue weighted by atomic mass is 19.1. The van der Waals surface area contributed by atoms with Gasteiger partial charge in [0.2, 0.25) is 0 Å². The maximum atomic E-state index is 13.7. The molecule has 0 amide bonds. The van der Waals surface area contributed by atoms with Gasteiger partial charge in [0.15, 0.2) is 0 Å². The van der Waals surface area contributed by atoms with Crippen LogP contribution in [-0.4, -0.2) is 0 Å². The van der Waals surface area contributed by atoms with E-state index >= 15 is 0 Å². The molecule has 0 aromatic heterocycles. The molecule has 2 aliphatic carbocycles. The van der Waals surface area contributed by atoms with Crippen LogP contribution in [0, 0.1) is 40.8 Å². The Hall–Kier alpha value is -1.36. The summed E-state index contributed by atoms with van der Waals surface area (Å²) >= 11 is 0. The van der Waals surface area contributed by atoms with Crippen LogP contribution in [0.1, 0.15) is 75.8 Å². The van der Waals surface area contributed by atoms with E-state index in [1.165, 1.54) is 57.8 Å². The zero-order valence-corrected chi connectivity index (χ0v) is 14.9. The molecule has 1 nitrogen and oxygen atoms in total. The number of benzene rings is 1. The van der Waals surface area contributed by atoms with E-state index in [2.05, 4.69) is 6.92 Å². The van der Waals surface area contributed by atoms with Crippen LogP contribution in [0.15, 0.2) is 18.2 Å². The standard InChI is InChI=1S/C22H30FN/c1-16-2-9-19(10-3-16)20-11-6-17(7-12-20)4-5-18-8-13-21(15-24)22(23)14-18/h8,13-14,16-17,19-20H,2-7,9-12H2,1H3. The van der Waals surface area contributed by atoms with Gasteiger partial charge in [-0.15, -0.1) is 0 Å². The summed E-state index contributed by atoms with van der Waals surface area (Å²) in [7, 11) is 0. The van der Waals surface area contributed by atoms with Crippen LogP contribution in [0.2, 0.25) is 0 Å². The third-order valence-corrected chi connectivity index (χ3v) is 6.61. The van der Waals surface area contributed by atoms with E-state index in [0.717, 1.165) is 35.7 Å². The summed E-state index contributed by atoms with van der Waals surface area (Å²) < 4.78 is 13.7. The van der Waals surface area contributed by atoms with Gasteiger partial charge in [-0.2, -0.15) is 5.26 Å². The molecule has 2 aliphatic rings. The Balaban J connectivity index is 1.42. The smallest absolute Gasteiger partial charge is 0.141 e. The Labute approximate surface area is 146 Å². The van der Waals surface area contributed by atoms with Crippen molar-refractivity contribution in [2.24, 2.45) is 23.7 Å². The fourth-order valence-corrected chi connectivity index (χ4v) is 4.88. The lowest BCUT2D eigenvalue weighted by atomic mass is 9.69. The number of halogens is 1. The van der Waals surface area contributed by atoms with Crippen LogP contribution >= 0.6 is 0 Å². The monoisotopic (exact) mass is 327 g/mol. The fourth-order valence-electron chi connectivity index (χ4n) is 4.88. The second kappa shape index (κ2) is 8.15. The molecule has 2 saturated carbocycles. The van der Waals surface area contributed by atoms with Gasteiger partial charge in [0, 0.05) is 0 Å². The van der Waals surface area contributed by atoms with Gasteiger partial charge in [0.05, 0.1) is 5.56 Å². The molecule has 0 aliphatic heterocycles. The van der Waals surface area contributed by atoms with Crippen molar-refractivity contribution in [1.29, 1.82) is 5.26 Å².